The van der Waals surface area contributed by atoms with E-state index in [2.05, 4.69) is 24.1 Å². The standard InChI is InChI=1S/C13H20N2O3S/c1-8(2)6-11-9(4-3-5-18-11)14-12(16)10-7-19-13(17)15-10/h7-9,11H,3-6H2,1-2H3,(H,14,16)(H,15,17). The largest absolute Gasteiger partial charge is 0.376 e. The quantitative estimate of drug-likeness (QED) is 0.885. The molecule has 6 heteroatoms. The molecule has 1 saturated heterocycles. The molecule has 1 aliphatic heterocycles. The zero-order valence-electron chi connectivity index (χ0n) is 11.3. The monoisotopic (exact) mass is 284 g/mol. The lowest BCUT2D eigenvalue weighted by atomic mass is 9.94. The number of aromatic amines is 1. The number of carbonyl (C=O) groups excluding carboxylic acids is 1. The van der Waals surface area contributed by atoms with E-state index in [4.69, 9.17) is 4.74 Å². The first kappa shape index (κ1) is 14.3. The van der Waals surface area contributed by atoms with Crippen LogP contribution in [-0.4, -0.2) is 29.6 Å². The Hall–Kier alpha value is -1.14. The Labute approximate surface area is 116 Å². The molecular weight excluding hydrogens is 264 g/mol. The molecule has 2 unspecified atom stereocenters. The zero-order chi connectivity index (χ0) is 13.8. The SMILES string of the molecule is CC(C)CC1OCCCC1NC(=O)c1csc(=O)[nH]1. The topological polar surface area (TPSA) is 71.2 Å². The number of H-pyrrole nitrogens is 1. The lowest BCUT2D eigenvalue weighted by Crippen LogP contribution is -2.47. The minimum absolute atomic E-state index is 0.0343. The summed E-state index contributed by atoms with van der Waals surface area (Å²) in [6, 6.07) is 0.0343. The highest BCUT2D eigenvalue weighted by Crippen LogP contribution is 2.20. The van der Waals surface area contributed by atoms with E-state index in [1.165, 1.54) is 0 Å². The lowest BCUT2D eigenvalue weighted by molar-refractivity contribution is -0.0186. The van der Waals surface area contributed by atoms with Crippen molar-refractivity contribution in [2.75, 3.05) is 6.61 Å². The van der Waals surface area contributed by atoms with Crippen LogP contribution >= 0.6 is 11.3 Å². The summed E-state index contributed by atoms with van der Waals surface area (Å²) in [5.41, 5.74) is 0.337. The van der Waals surface area contributed by atoms with Crippen molar-refractivity contribution in [1.82, 2.24) is 10.3 Å². The molecule has 2 rings (SSSR count). The molecule has 0 saturated carbocycles. The second-order valence-electron chi connectivity index (χ2n) is 5.32. The molecule has 0 radical (unpaired) electrons. The molecule has 19 heavy (non-hydrogen) atoms. The third-order valence-corrected chi connectivity index (χ3v) is 3.90. The van der Waals surface area contributed by atoms with E-state index in [1.54, 1.807) is 5.38 Å². The highest BCUT2D eigenvalue weighted by atomic mass is 32.1. The molecule has 0 aromatic carbocycles. The van der Waals surface area contributed by atoms with E-state index in [0.29, 0.717) is 11.6 Å². The lowest BCUT2D eigenvalue weighted by Gasteiger charge is -2.33. The Balaban J connectivity index is 1.99. The summed E-state index contributed by atoms with van der Waals surface area (Å²) in [7, 11) is 0. The van der Waals surface area contributed by atoms with Crippen LogP contribution in [0.15, 0.2) is 10.2 Å². The van der Waals surface area contributed by atoms with Crippen molar-refractivity contribution in [1.29, 1.82) is 0 Å². The van der Waals surface area contributed by atoms with Crippen LogP contribution in [0.3, 0.4) is 0 Å². The van der Waals surface area contributed by atoms with Crippen LogP contribution in [0.25, 0.3) is 0 Å². The number of aromatic nitrogens is 1. The number of thiazole rings is 1. The predicted molar refractivity (Wildman–Crippen MR) is 74.6 cm³/mol. The minimum Gasteiger partial charge on any atom is -0.376 e. The average molecular weight is 284 g/mol. The van der Waals surface area contributed by atoms with E-state index in [0.717, 1.165) is 37.2 Å². The minimum atomic E-state index is -0.220. The normalized spacial score (nSPS) is 23.5. The van der Waals surface area contributed by atoms with Crippen LogP contribution in [0, 0.1) is 5.92 Å². The summed E-state index contributed by atoms with van der Waals surface area (Å²) in [4.78, 5) is 25.4. The predicted octanol–water partition coefficient (Wildman–Crippen LogP) is 1.76. The molecule has 2 atom stereocenters. The molecule has 1 fully saturated rings. The fourth-order valence-corrected chi connectivity index (χ4v) is 2.90. The van der Waals surface area contributed by atoms with Gasteiger partial charge in [0.1, 0.15) is 5.69 Å². The van der Waals surface area contributed by atoms with Gasteiger partial charge in [0.25, 0.3) is 5.91 Å². The third-order valence-electron chi connectivity index (χ3n) is 3.23. The molecule has 1 aromatic rings. The fourth-order valence-electron chi connectivity index (χ4n) is 2.34. The van der Waals surface area contributed by atoms with Gasteiger partial charge < -0.3 is 15.0 Å². The molecule has 5 nitrogen and oxygen atoms in total. The Morgan fingerprint density at radius 2 is 2.42 bits per heavy atom. The van der Waals surface area contributed by atoms with Gasteiger partial charge in [0.15, 0.2) is 0 Å². The second kappa shape index (κ2) is 6.34. The van der Waals surface area contributed by atoms with Gasteiger partial charge in [0, 0.05) is 12.0 Å². The van der Waals surface area contributed by atoms with E-state index >= 15 is 0 Å². The molecule has 1 aliphatic rings. The average Bonchev–Trinajstić information content (AvgIpc) is 2.78. The van der Waals surface area contributed by atoms with Crippen LogP contribution in [0.2, 0.25) is 0 Å². The van der Waals surface area contributed by atoms with Gasteiger partial charge in [-0.05, 0) is 25.2 Å². The van der Waals surface area contributed by atoms with E-state index in [1.807, 2.05) is 0 Å². The number of amides is 1. The Morgan fingerprint density at radius 3 is 3.05 bits per heavy atom. The van der Waals surface area contributed by atoms with Gasteiger partial charge in [-0.2, -0.15) is 0 Å². The third kappa shape index (κ3) is 3.91. The maximum atomic E-state index is 12.0. The molecular formula is C13H20N2O3S. The first-order chi connectivity index (χ1) is 9.06. The summed E-state index contributed by atoms with van der Waals surface area (Å²) in [5, 5.41) is 4.53. The van der Waals surface area contributed by atoms with Crippen LogP contribution in [0.1, 0.15) is 43.6 Å². The van der Waals surface area contributed by atoms with Crippen LogP contribution in [0.4, 0.5) is 0 Å². The van der Waals surface area contributed by atoms with Crippen molar-refractivity contribution < 1.29 is 9.53 Å². The summed E-state index contributed by atoms with van der Waals surface area (Å²) in [6.07, 6.45) is 2.89. The van der Waals surface area contributed by atoms with Gasteiger partial charge in [-0.3, -0.25) is 9.59 Å². The molecule has 106 valence electrons. The first-order valence-electron chi connectivity index (χ1n) is 6.66. The van der Waals surface area contributed by atoms with Gasteiger partial charge in [-0.25, -0.2) is 0 Å². The smallest absolute Gasteiger partial charge is 0.305 e. The van der Waals surface area contributed by atoms with E-state index in [-0.39, 0.29) is 22.9 Å². The van der Waals surface area contributed by atoms with Crippen molar-refractivity contribution in [2.24, 2.45) is 5.92 Å². The Kier molecular flexibility index (Phi) is 4.76. The van der Waals surface area contributed by atoms with Crippen molar-refractivity contribution in [3.8, 4) is 0 Å². The van der Waals surface area contributed by atoms with Gasteiger partial charge in [0.2, 0.25) is 0 Å². The fraction of sp³-hybridized carbons (Fsp3) is 0.692. The van der Waals surface area contributed by atoms with E-state index < -0.39 is 0 Å². The van der Waals surface area contributed by atoms with Gasteiger partial charge in [-0.15, -0.1) is 0 Å². The van der Waals surface area contributed by atoms with Crippen LogP contribution in [0.5, 0.6) is 0 Å². The number of ether oxygens (including phenoxy) is 1. The van der Waals surface area contributed by atoms with Crippen molar-refractivity contribution in [3.05, 3.63) is 20.7 Å². The molecule has 1 amide bonds. The molecule has 0 spiro atoms. The Morgan fingerprint density at radius 1 is 1.63 bits per heavy atom. The van der Waals surface area contributed by atoms with Crippen LogP contribution in [-0.2, 0) is 4.74 Å². The second-order valence-corrected chi connectivity index (χ2v) is 6.17. The summed E-state index contributed by atoms with van der Waals surface area (Å²) in [6.45, 7) is 5.06. The number of rotatable bonds is 4. The molecule has 1 aromatic heterocycles. The number of hydrogen-bond acceptors (Lipinski definition) is 4. The van der Waals surface area contributed by atoms with Gasteiger partial charge in [-0.1, -0.05) is 25.2 Å². The molecule has 2 heterocycles. The maximum Gasteiger partial charge on any atom is 0.305 e. The zero-order valence-corrected chi connectivity index (χ0v) is 12.1. The molecule has 2 N–H and O–H groups in total. The van der Waals surface area contributed by atoms with E-state index in [9.17, 15) is 9.59 Å². The number of hydrogen-bond donors (Lipinski definition) is 2. The molecule has 0 bridgehead atoms. The van der Waals surface area contributed by atoms with Gasteiger partial charge in [0.05, 0.1) is 12.1 Å². The Bertz CT molecular complexity index is 480. The number of nitrogens with one attached hydrogen (secondary N) is 2. The maximum absolute atomic E-state index is 12.0. The van der Waals surface area contributed by atoms with Gasteiger partial charge >= 0.3 is 4.87 Å². The summed E-state index contributed by atoms with van der Waals surface area (Å²) >= 11 is 1.00. The van der Waals surface area contributed by atoms with Crippen molar-refractivity contribution in [3.63, 3.8) is 0 Å². The van der Waals surface area contributed by atoms with Crippen molar-refractivity contribution in [2.45, 2.75) is 45.3 Å². The molecule has 0 aliphatic carbocycles. The highest BCUT2D eigenvalue weighted by Gasteiger charge is 2.28. The summed E-state index contributed by atoms with van der Waals surface area (Å²) in [5.74, 6) is 0.311. The summed E-state index contributed by atoms with van der Waals surface area (Å²) < 4.78 is 5.76. The number of carbonyl (C=O) groups is 1. The van der Waals surface area contributed by atoms with Crippen LogP contribution < -0.4 is 10.2 Å². The van der Waals surface area contributed by atoms with Crippen molar-refractivity contribution >= 4 is 17.2 Å². The highest BCUT2D eigenvalue weighted by molar-refractivity contribution is 7.07. The first-order valence-corrected chi connectivity index (χ1v) is 7.54.